The molecule has 0 radical (unpaired) electrons. The third-order valence-electron chi connectivity index (χ3n) is 6.86. The molecule has 0 aromatic heterocycles. The van der Waals surface area contributed by atoms with Gasteiger partial charge in [0, 0.05) is 0 Å². The van der Waals surface area contributed by atoms with Crippen LogP contribution in [0.5, 0.6) is 0 Å². The van der Waals surface area contributed by atoms with E-state index in [4.69, 9.17) is 5.23 Å². The first kappa shape index (κ1) is 22.9. The fourth-order valence-corrected chi connectivity index (χ4v) is 6.02. The van der Waals surface area contributed by atoms with Crippen LogP contribution in [0.2, 0.25) is 0 Å². The van der Waals surface area contributed by atoms with Crippen LogP contribution >= 0.6 is 35.0 Å². The zero-order valence-corrected chi connectivity index (χ0v) is 25.7. The average Bonchev–Trinajstić information content (AvgIpc) is 3.00. The van der Waals surface area contributed by atoms with Crippen molar-refractivity contribution in [3.8, 4) is 44.5 Å². The zero-order valence-electron chi connectivity index (χ0n) is 25.6. The molecule has 0 saturated carbocycles. The van der Waals surface area contributed by atoms with Crippen LogP contribution in [0, 0.1) is 0 Å². The lowest BCUT2D eigenvalue weighted by atomic mass is 9.84. The van der Waals surface area contributed by atoms with Crippen LogP contribution in [0.25, 0.3) is 44.5 Å². The van der Waals surface area contributed by atoms with Crippen molar-refractivity contribution in [2.45, 2.75) is 0 Å². The highest BCUT2D eigenvalue weighted by Crippen LogP contribution is 2.42. The molecule has 0 spiro atoms. The summed E-state index contributed by atoms with van der Waals surface area (Å²) in [5.74, 6) is 0. The van der Waals surface area contributed by atoms with E-state index in [0.717, 1.165) is 66.0 Å². The molecule has 5 aromatic carbocycles. The van der Waals surface area contributed by atoms with E-state index in [2.05, 4.69) is 103 Å². The Morgan fingerprint density at radius 2 is 0.763 bits per heavy atom. The van der Waals surface area contributed by atoms with E-state index in [0.29, 0.717) is 0 Å². The van der Waals surface area contributed by atoms with E-state index in [-0.39, 0.29) is 13.9 Å². The molecule has 182 valence electrons. The van der Waals surface area contributed by atoms with Gasteiger partial charge in [-0.2, -0.15) is 18.2 Å². The van der Waals surface area contributed by atoms with Gasteiger partial charge in [0.1, 0.15) is 15.1 Å². The number of hydrogen-bond acceptors (Lipinski definition) is 0. The molecule has 8 heteroatoms. The van der Waals surface area contributed by atoms with E-state index >= 15 is 0 Å². The molecule has 0 nitrogen and oxygen atoms in total. The standard InChI is InChI=1S/C30H30B4P4/c31-37-25-13-5-21(6-14-25)29-17-27(19-1-9-23(33-35)10-2-19)28(20-3-11-24(34-36)12-4-20)18-30(29)22-7-15-26(38-32)16-8-22/h1-18,33-34,37-38H,31-32,35-36H2/i33D,34D,37D,38D. The topological polar surface area (TPSA) is 0 Å². The minimum Gasteiger partial charge on any atom is -0.169 e. The van der Waals surface area contributed by atoms with Crippen LogP contribution in [-0.2, 0) is 0 Å². The fourth-order valence-electron chi connectivity index (χ4n) is 4.68. The number of benzene rings is 5. The van der Waals surface area contributed by atoms with Gasteiger partial charge in [0.25, 0.3) is 0 Å². The SMILES string of the molecule is [2H]B(P)c1ccc(-c2cc(-c3ccc(P([2H])B)cc3)c(-c3ccc(P([2H])B)cc3)cc2-c2ccc(B([2H])P)cc2)cc1. The van der Waals surface area contributed by atoms with Gasteiger partial charge in [-0.15, -0.1) is 16.8 Å². The zero-order chi connectivity index (χ0) is 30.0. The molecule has 38 heavy (non-hydrogen) atoms. The first-order chi connectivity index (χ1) is 20.1. The highest BCUT2D eigenvalue weighted by Gasteiger charge is 2.16. The summed E-state index contributed by atoms with van der Waals surface area (Å²) in [5.41, 5.74) is 10.6. The van der Waals surface area contributed by atoms with Crippen molar-refractivity contribution in [3.05, 3.63) is 109 Å². The normalized spacial score (nSPS) is 13.9. The summed E-state index contributed by atoms with van der Waals surface area (Å²) in [6, 6.07) is 37.8. The highest BCUT2D eigenvalue weighted by atomic mass is 31.1. The summed E-state index contributed by atoms with van der Waals surface area (Å²) in [6.45, 7) is -0.742. The molecule has 0 N–H and O–H groups in total. The van der Waals surface area contributed by atoms with Crippen LogP contribution in [0.15, 0.2) is 109 Å². The molecule has 0 bridgehead atoms. The molecule has 0 amide bonds. The third kappa shape index (κ3) is 6.12. The van der Waals surface area contributed by atoms with Crippen molar-refractivity contribution in [3.63, 3.8) is 0 Å². The van der Waals surface area contributed by atoms with Gasteiger partial charge >= 0.3 is 0 Å². The van der Waals surface area contributed by atoms with E-state index in [1.807, 2.05) is 39.4 Å². The van der Waals surface area contributed by atoms with Crippen LogP contribution < -0.4 is 21.5 Å². The molecule has 0 aliphatic heterocycles. The van der Waals surface area contributed by atoms with Crippen LogP contribution in [-0.4, -0.2) is 34.3 Å². The Hall–Kier alpha value is -1.92. The lowest BCUT2D eigenvalue weighted by molar-refractivity contribution is 1.56. The molecule has 0 heterocycles. The predicted molar refractivity (Wildman–Crippen MR) is 194 cm³/mol. The molecular weight excluding hydrogens is 527 g/mol. The smallest absolute Gasteiger partial charge is 0.169 e. The number of hydrogen-bond donors (Lipinski definition) is 0. The molecular formula is C30H30B4P4. The summed E-state index contributed by atoms with van der Waals surface area (Å²) in [7, 11) is 7.13. The van der Waals surface area contributed by atoms with E-state index in [9.17, 15) is 0 Å². The van der Waals surface area contributed by atoms with Crippen molar-refractivity contribution in [2.75, 3.05) is 0 Å². The lowest BCUT2D eigenvalue weighted by Gasteiger charge is -2.19. The first-order valence-corrected chi connectivity index (χ1v) is 16.5. The summed E-state index contributed by atoms with van der Waals surface area (Å²) < 4.78 is 32.6. The largest absolute Gasteiger partial charge is 0.180 e. The van der Waals surface area contributed by atoms with Crippen molar-refractivity contribution < 1.29 is 0 Å². The molecule has 4 atom stereocenters. The van der Waals surface area contributed by atoms with Gasteiger partial charge in [0.05, 0.1) is 2.56 Å². The van der Waals surface area contributed by atoms with Crippen LogP contribution in [0.1, 0.15) is 0 Å². The molecule has 0 aliphatic carbocycles. The molecule has 0 aliphatic rings. The van der Waals surface area contributed by atoms with Crippen LogP contribution in [0.4, 0.5) is 0 Å². The van der Waals surface area contributed by atoms with Gasteiger partial charge < -0.3 is 0 Å². The molecule has 5 rings (SSSR count). The van der Waals surface area contributed by atoms with Crippen molar-refractivity contribution >= 4 is 85.6 Å². The van der Waals surface area contributed by atoms with Gasteiger partial charge in [0.15, 0.2) is 13.9 Å². The van der Waals surface area contributed by atoms with E-state index in [1.54, 1.807) is 0 Å². The second kappa shape index (κ2) is 13.0. The van der Waals surface area contributed by atoms with Crippen molar-refractivity contribution in [1.29, 1.82) is 5.23 Å². The lowest BCUT2D eigenvalue weighted by Crippen LogP contribution is -2.07. The Kier molecular flexibility index (Phi) is 7.79. The fraction of sp³-hybridized carbons (Fsp3) is 0. The van der Waals surface area contributed by atoms with Crippen LogP contribution in [0.3, 0.4) is 0 Å². The maximum atomic E-state index is 8.21. The maximum absolute atomic E-state index is 8.21. The summed E-state index contributed by atoms with van der Waals surface area (Å²) in [4.78, 5) is 0. The minimum absolute atomic E-state index is 0.371. The van der Waals surface area contributed by atoms with Crippen molar-refractivity contribution in [1.82, 2.24) is 0 Å². The van der Waals surface area contributed by atoms with Gasteiger partial charge in [-0.1, -0.05) is 108 Å². The molecule has 5 aromatic rings. The summed E-state index contributed by atoms with van der Waals surface area (Å²) in [6.07, 6.45) is 0. The number of rotatable bonds is 8. The van der Waals surface area contributed by atoms with E-state index < -0.39 is 16.8 Å². The Balaban J connectivity index is 1.78. The molecule has 0 fully saturated rings. The second-order valence-corrected chi connectivity index (χ2v) is 11.7. The Bertz CT molecular complexity index is 1420. The Labute approximate surface area is 244 Å². The summed E-state index contributed by atoms with van der Waals surface area (Å²) >= 11 is 0. The quantitative estimate of drug-likeness (QED) is 0.200. The molecule has 0 saturated heterocycles. The third-order valence-corrected chi connectivity index (χ3v) is 9.26. The van der Waals surface area contributed by atoms with Gasteiger partial charge in [0.2, 0.25) is 0 Å². The van der Waals surface area contributed by atoms with Crippen molar-refractivity contribution in [2.24, 2.45) is 0 Å². The minimum atomic E-state index is -0.930. The molecule has 4 unspecified atom stereocenters. The predicted octanol–water partition coefficient (Wildman–Crippen LogP) is 3.76. The first-order valence-electron chi connectivity index (χ1n) is 14.6. The highest BCUT2D eigenvalue weighted by molar-refractivity contribution is 7.73. The second-order valence-electron chi connectivity index (χ2n) is 9.06. The van der Waals surface area contributed by atoms with Gasteiger partial charge in [-0.25, -0.2) is 0 Å². The average molecular weight is 562 g/mol. The Morgan fingerprint density at radius 1 is 0.500 bits per heavy atom. The maximum Gasteiger partial charge on any atom is 0.180 e. The van der Waals surface area contributed by atoms with E-state index in [1.165, 1.54) is 0 Å². The summed E-state index contributed by atoms with van der Waals surface area (Å²) in [5, 5.41) is 2.09. The Morgan fingerprint density at radius 3 is 1.00 bits per heavy atom. The van der Waals surface area contributed by atoms with Gasteiger partial charge in [-0.3, -0.25) is 0 Å². The monoisotopic (exact) mass is 562 g/mol. The van der Waals surface area contributed by atoms with Gasteiger partial charge in [-0.05, 0) is 69.9 Å².